The summed E-state index contributed by atoms with van der Waals surface area (Å²) in [4.78, 5) is 10.2. The van der Waals surface area contributed by atoms with E-state index in [-0.39, 0.29) is 19.0 Å². The molecule has 0 aromatic rings. The van der Waals surface area contributed by atoms with Crippen molar-refractivity contribution in [2.75, 3.05) is 13.7 Å². The lowest BCUT2D eigenvalue weighted by molar-refractivity contribution is -0.120. The van der Waals surface area contributed by atoms with Crippen LogP contribution in [0.1, 0.15) is 0 Å². The zero-order chi connectivity index (χ0) is 6.57. The standard InChI is InChI=1S/C4H10N2O2.ClH/c1-6-3(2-7)4(5)8;/h3,6-7H,2H2,1H3,(H2,5,8);1H/t3-;/m0./s1. The summed E-state index contributed by atoms with van der Waals surface area (Å²) in [6.07, 6.45) is 0. The van der Waals surface area contributed by atoms with Crippen molar-refractivity contribution in [2.24, 2.45) is 5.73 Å². The molecule has 0 aliphatic heterocycles. The Morgan fingerprint density at radius 2 is 2.33 bits per heavy atom. The average Bonchev–Trinajstić information content (AvgIpc) is 1.69. The fourth-order valence-corrected chi connectivity index (χ4v) is 0.324. The molecule has 0 aromatic carbocycles. The minimum Gasteiger partial charge on any atom is -0.394 e. The van der Waals surface area contributed by atoms with Gasteiger partial charge in [-0.3, -0.25) is 4.79 Å². The number of nitrogens with two attached hydrogens (primary N) is 1. The van der Waals surface area contributed by atoms with Gasteiger partial charge in [0.15, 0.2) is 0 Å². The van der Waals surface area contributed by atoms with Crippen LogP contribution in [-0.4, -0.2) is 30.7 Å². The van der Waals surface area contributed by atoms with Crippen molar-refractivity contribution in [3.8, 4) is 0 Å². The van der Waals surface area contributed by atoms with Crippen molar-refractivity contribution in [1.82, 2.24) is 5.32 Å². The van der Waals surface area contributed by atoms with Gasteiger partial charge in [-0.1, -0.05) is 0 Å². The Labute approximate surface area is 59.8 Å². The molecule has 0 aliphatic rings. The summed E-state index contributed by atoms with van der Waals surface area (Å²) < 4.78 is 0. The van der Waals surface area contributed by atoms with Crippen LogP contribution < -0.4 is 11.1 Å². The monoisotopic (exact) mass is 154 g/mol. The Morgan fingerprint density at radius 3 is 2.33 bits per heavy atom. The zero-order valence-electron chi connectivity index (χ0n) is 5.13. The second kappa shape index (κ2) is 5.81. The maximum Gasteiger partial charge on any atom is 0.236 e. The molecule has 0 bridgehead atoms. The molecule has 1 amide bonds. The van der Waals surface area contributed by atoms with Crippen LogP contribution in [0.4, 0.5) is 0 Å². The van der Waals surface area contributed by atoms with Gasteiger partial charge < -0.3 is 16.2 Å². The average molecular weight is 155 g/mol. The molecule has 0 rings (SSSR count). The molecule has 9 heavy (non-hydrogen) atoms. The summed E-state index contributed by atoms with van der Waals surface area (Å²) in [5, 5.41) is 10.9. The molecule has 5 heteroatoms. The lowest BCUT2D eigenvalue weighted by atomic mass is 10.3. The number of amides is 1. The number of carbonyl (C=O) groups excluding carboxylic acids is 1. The van der Waals surface area contributed by atoms with Crippen LogP contribution in [0.2, 0.25) is 0 Å². The summed E-state index contributed by atoms with van der Waals surface area (Å²) >= 11 is 0. The van der Waals surface area contributed by atoms with Gasteiger partial charge in [-0.15, -0.1) is 12.4 Å². The Balaban J connectivity index is 0. The highest BCUT2D eigenvalue weighted by Crippen LogP contribution is 1.74. The van der Waals surface area contributed by atoms with E-state index >= 15 is 0 Å². The molecule has 0 heterocycles. The van der Waals surface area contributed by atoms with Gasteiger partial charge in [-0.25, -0.2) is 0 Å². The molecule has 0 saturated heterocycles. The Bertz CT molecular complexity index is 84.6. The fraction of sp³-hybridized carbons (Fsp3) is 0.750. The van der Waals surface area contributed by atoms with Crippen molar-refractivity contribution < 1.29 is 9.90 Å². The predicted octanol–water partition coefficient (Wildman–Crippen LogP) is -1.53. The summed E-state index contributed by atoms with van der Waals surface area (Å²) in [7, 11) is 1.56. The van der Waals surface area contributed by atoms with Gasteiger partial charge in [0.2, 0.25) is 5.91 Å². The molecule has 4 N–H and O–H groups in total. The second-order valence-corrected chi connectivity index (χ2v) is 1.43. The summed E-state index contributed by atoms with van der Waals surface area (Å²) in [6, 6.07) is -0.602. The van der Waals surface area contributed by atoms with Gasteiger partial charge in [0.25, 0.3) is 0 Å². The van der Waals surface area contributed by atoms with Crippen LogP contribution in [0.3, 0.4) is 0 Å². The smallest absolute Gasteiger partial charge is 0.236 e. The molecule has 0 saturated carbocycles. The number of hydrogen-bond acceptors (Lipinski definition) is 3. The van der Waals surface area contributed by atoms with E-state index in [9.17, 15) is 4.79 Å². The number of halogens is 1. The van der Waals surface area contributed by atoms with Gasteiger partial charge >= 0.3 is 0 Å². The number of rotatable bonds is 3. The highest BCUT2D eigenvalue weighted by molar-refractivity contribution is 5.85. The number of likely N-dealkylation sites (N-methyl/N-ethyl adjacent to an activating group) is 1. The maximum absolute atomic E-state index is 10.2. The highest BCUT2D eigenvalue weighted by atomic mass is 35.5. The minimum absolute atomic E-state index is 0. The third kappa shape index (κ3) is 4.20. The lowest BCUT2D eigenvalue weighted by Crippen LogP contribution is -2.41. The van der Waals surface area contributed by atoms with Crippen molar-refractivity contribution in [1.29, 1.82) is 0 Å². The molecule has 0 aromatic heterocycles. The first kappa shape index (κ1) is 11.5. The lowest BCUT2D eigenvalue weighted by Gasteiger charge is -2.05. The van der Waals surface area contributed by atoms with Gasteiger partial charge in [-0.2, -0.15) is 0 Å². The molecule has 4 nitrogen and oxygen atoms in total. The van der Waals surface area contributed by atoms with Crippen molar-refractivity contribution in [3.63, 3.8) is 0 Å². The van der Waals surface area contributed by atoms with E-state index in [0.717, 1.165) is 0 Å². The molecule has 0 radical (unpaired) electrons. The van der Waals surface area contributed by atoms with Crippen molar-refractivity contribution in [2.45, 2.75) is 6.04 Å². The molecular formula is C4H11ClN2O2. The number of aliphatic hydroxyl groups excluding tert-OH is 1. The highest BCUT2D eigenvalue weighted by Gasteiger charge is 2.08. The van der Waals surface area contributed by atoms with E-state index in [2.05, 4.69) is 5.32 Å². The van der Waals surface area contributed by atoms with Gasteiger partial charge in [0.1, 0.15) is 6.04 Å². The maximum atomic E-state index is 10.2. The molecule has 56 valence electrons. The van der Waals surface area contributed by atoms with Gasteiger partial charge in [0.05, 0.1) is 6.61 Å². The van der Waals surface area contributed by atoms with E-state index in [1.165, 1.54) is 0 Å². The first-order chi connectivity index (χ1) is 3.72. The first-order valence-corrected chi connectivity index (χ1v) is 2.29. The van der Waals surface area contributed by atoms with Crippen LogP contribution in [0.15, 0.2) is 0 Å². The molecule has 0 fully saturated rings. The van der Waals surface area contributed by atoms with E-state index in [4.69, 9.17) is 10.8 Å². The third-order valence-corrected chi connectivity index (χ3v) is 0.874. The normalized spacial score (nSPS) is 11.8. The van der Waals surface area contributed by atoms with Crippen LogP contribution >= 0.6 is 12.4 Å². The van der Waals surface area contributed by atoms with E-state index < -0.39 is 11.9 Å². The Kier molecular flexibility index (Phi) is 7.41. The Morgan fingerprint density at radius 1 is 1.89 bits per heavy atom. The van der Waals surface area contributed by atoms with E-state index in [0.29, 0.717) is 0 Å². The van der Waals surface area contributed by atoms with Gasteiger partial charge in [0, 0.05) is 0 Å². The number of primary amides is 1. The predicted molar refractivity (Wildman–Crippen MR) is 36.4 cm³/mol. The van der Waals surface area contributed by atoms with Crippen LogP contribution in [-0.2, 0) is 4.79 Å². The molecule has 0 spiro atoms. The number of nitrogens with one attached hydrogen (secondary N) is 1. The number of hydrogen-bond donors (Lipinski definition) is 3. The van der Waals surface area contributed by atoms with Crippen LogP contribution in [0.25, 0.3) is 0 Å². The molecule has 1 atom stereocenters. The fourth-order valence-electron chi connectivity index (χ4n) is 0.324. The van der Waals surface area contributed by atoms with Crippen LogP contribution in [0, 0.1) is 0 Å². The van der Waals surface area contributed by atoms with Crippen LogP contribution in [0.5, 0.6) is 0 Å². The Hall–Kier alpha value is -0.320. The molecular weight excluding hydrogens is 144 g/mol. The SMILES string of the molecule is CN[C@@H](CO)C(N)=O.Cl. The largest absolute Gasteiger partial charge is 0.394 e. The van der Waals surface area contributed by atoms with Crippen molar-refractivity contribution in [3.05, 3.63) is 0 Å². The quantitative estimate of drug-likeness (QED) is 0.462. The number of aliphatic hydroxyl groups is 1. The summed E-state index contributed by atoms with van der Waals surface area (Å²) in [5.41, 5.74) is 4.80. The molecule has 0 unspecified atom stereocenters. The van der Waals surface area contributed by atoms with Gasteiger partial charge in [-0.05, 0) is 7.05 Å². The van der Waals surface area contributed by atoms with Crippen molar-refractivity contribution >= 4 is 18.3 Å². The molecule has 0 aliphatic carbocycles. The second-order valence-electron chi connectivity index (χ2n) is 1.43. The third-order valence-electron chi connectivity index (χ3n) is 0.874. The first-order valence-electron chi connectivity index (χ1n) is 2.29. The summed E-state index contributed by atoms with van der Waals surface area (Å²) in [5.74, 6) is -0.532. The number of carbonyl (C=O) groups is 1. The summed E-state index contributed by atoms with van der Waals surface area (Å²) in [6.45, 7) is -0.244. The minimum atomic E-state index is -0.602. The van der Waals surface area contributed by atoms with E-state index in [1.54, 1.807) is 7.05 Å². The topological polar surface area (TPSA) is 75.3 Å². The van der Waals surface area contributed by atoms with E-state index in [1.807, 2.05) is 0 Å². The zero-order valence-corrected chi connectivity index (χ0v) is 5.94.